The molecule has 0 aromatic carbocycles. The molecule has 1 atom stereocenters. The highest BCUT2D eigenvalue weighted by molar-refractivity contribution is 7.16. The Morgan fingerprint density at radius 3 is 2.79 bits per heavy atom. The number of hydrogen-bond acceptors (Lipinski definition) is 5. The zero-order valence-electron chi connectivity index (χ0n) is 12.0. The zero-order chi connectivity index (χ0) is 13.9. The SMILES string of the molecule is CCCNc1nc(C(C)(CC)OC)nc2sccc12. The predicted octanol–water partition coefficient (Wildman–Crippen LogP) is 3.78. The first-order valence-electron chi connectivity index (χ1n) is 6.69. The Labute approximate surface area is 118 Å². The van der Waals surface area contributed by atoms with E-state index in [1.54, 1.807) is 18.4 Å². The molecule has 0 bridgehead atoms. The normalized spacial score (nSPS) is 14.5. The van der Waals surface area contributed by atoms with Gasteiger partial charge in [-0.3, -0.25) is 0 Å². The third kappa shape index (κ3) is 2.72. The van der Waals surface area contributed by atoms with Crippen molar-refractivity contribution in [2.24, 2.45) is 0 Å². The Morgan fingerprint density at radius 1 is 1.37 bits per heavy atom. The van der Waals surface area contributed by atoms with Crippen molar-refractivity contribution in [3.63, 3.8) is 0 Å². The summed E-state index contributed by atoms with van der Waals surface area (Å²) in [5.41, 5.74) is -0.430. The number of ether oxygens (including phenoxy) is 1. The van der Waals surface area contributed by atoms with Crippen LogP contribution in [0.15, 0.2) is 11.4 Å². The Bertz CT molecular complexity index is 549. The fourth-order valence-electron chi connectivity index (χ4n) is 1.86. The van der Waals surface area contributed by atoms with Gasteiger partial charge in [-0.1, -0.05) is 13.8 Å². The molecule has 2 heterocycles. The summed E-state index contributed by atoms with van der Waals surface area (Å²) in [6.07, 6.45) is 1.91. The van der Waals surface area contributed by atoms with Crippen LogP contribution >= 0.6 is 11.3 Å². The van der Waals surface area contributed by atoms with Gasteiger partial charge in [-0.15, -0.1) is 11.3 Å². The van der Waals surface area contributed by atoms with Crippen molar-refractivity contribution < 1.29 is 4.74 Å². The highest BCUT2D eigenvalue weighted by Gasteiger charge is 2.28. The second-order valence-corrected chi connectivity index (χ2v) is 5.65. The van der Waals surface area contributed by atoms with E-state index in [2.05, 4.69) is 40.6 Å². The molecular formula is C14H21N3OS. The van der Waals surface area contributed by atoms with Crippen molar-refractivity contribution in [2.75, 3.05) is 19.0 Å². The van der Waals surface area contributed by atoms with Crippen LogP contribution in [0.25, 0.3) is 10.2 Å². The van der Waals surface area contributed by atoms with E-state index < -0.39 is 5.60 Å². The number of thiophene rings is 1. The van der Waals surface area contributed by atoms with Crippen LogP contribution in [0.5, 0.6) is 0 Å². The van der Waals surface area contributed by atoms with Gasteiger partial charge < -0.3 is 10.1 Å². The molecule has 104 valence electrons. The van der Waals surface area contributed by atoms with Gasteiger partial charge in [0, 0.05) is 13.7 Å². The molecule has 2 aromatic heterocycles. The quantitative estimate of drug-likeness (QED) is 0.874. The molecule has 0 saturated heterocycles. The maximum Gasteiger partial charge on any atom is 0.163 e. The van der Waals surface area contributed by atoms with Crippen LogP contribution in [0, 0.1) is 0 Å². The van der Waals surface area contributed by atoms with E-state index in [4.69, 9.17) is 4.74 Å². The average Bonchev–Trinajstić information content (AvgIpc) is 2.92. The summed E-state index contributed by atoms with van der Waals surface area (Å²) in [6, 6.07) is 2.07. The minimum absolute atomic E-state index is 0.430. The Kier molecular flexibility index (Phi) is 4.37. The first kappa shape index (κ1) is 14.2. The second kappa shape index (κ2) is 5.84. The van der Waals surface area contributed by atoms with Crippen LogP contribution < -0.4 is 5.32 Å². The lowest BCUT2D eigenvalue weighted by Gasteiger charge is -2.25. The van der Waals surface area contributed by atoms with E-state index in [1.165, 1.54) is 0 Å². The Hall–Kier alpha value is -1.20. The third-order valence-corrected chi connectivity index (χ3v) is 4.27. The molecule has 4 nitrogen and oxygen atoms in total. The Balaban J connectivity index is 2.51. The second-order valence-electron chi connectivity index (χ2n) is 4.75. The molecule has 1 unspecified atom stereocenters. The van der Waals surface area contributed by atoms with Crippen molar-refractivity contribution >= 4 is 27.4 Å². The van der Waals surface area contributed by atoms with E-state index in [0.29, 0.717) is 0 Å². The number of rotatable bonds is 6. The van der Waals surface area contributed by atoms with Crippen LogP contribution in [0.1, 0.15) is 39.4 Å². The van der Waals surface area contributed by atoms with Gasteiger partial charge >= 0.3 is 0 Å². The molecule has 0 radical (unpaired) electrons. The number of nitrogens with zero attached hydrogens (tertiary/aromatic N) is 2. The molecule has 1 N–H and O–H groups in total. The van der Waals surface area contributed by atoms with E-state index in [0.717, 1.165) is 41.2 Å². The van der Waals surface area contributed by atoms with Gasteiger partial charge in [-0.2, -0.15) is 0 Å². The van der Waals surface area contributed by atoms with Gasteiger partial charge in [-0.05, 0) is 31.2 Å². The predicted molar refractivity (Wildman–Crippen MR) is 80.8 cm³/mol. The molecule has 0 fully saturated rings. The molecule has 19 heavy (non-hydrogen) atoms. The van der Waals surface area contributed by atoms with Crippen molar-refractivity contribution in [1.82, 2.24) is 9.97 Å². The van der Waals surface area contributed by atoms with Crippen molar-refractivity contribution in [2.45, 2.75) is 39.2 Å². The summed E-state index contributed by atoms with van der Waals surface area (Å²) < 4.78 is 5.61. The summed E-state index contributed by atoms with van der Waals surface area (Å²) in [6.45, 7) is 7.18. The minimum atomic E-state index is -0.430. The highest BCUT2D eigenvalue weighted by Crippen LogP contribution is 2.31. The maximum atomic E-state index is 5.61. The monoisotopic (exact) mass is 279 g/mol. The molecule has 0 aliphatic heterocycles. The maximum absolute atomic E-state index is 5.61. The summed E-state index contributed by atoms with van der Waals surface area (Å²) >= 11 is 1.64. The standard InChI is InChI=1S/C14H21N3OS/c1-5-8-15-11-10-7-9-19-12(10)17-13(16-11)14(3,6-2)18-4/h7,9H,5-6,8H2,1-4H3,(H,15,16,17). The zero-order valence-corrected chi connectivity index (χ0v) is 12.8. The van der Waals surface area contributed by atoms with E-state index in [1.807, 2.05) is 6.92 Å². The van der Waals surface area contributed by atoms with E-state index in [-0.39, 0.29) is 0 Å². The molecule has 0 spiro atoms. The minimum Gasteiger partial charge on any atom is -0.371 e. The molecule has 0 aliphatic carbocycles. The van der Waals surface area contributed by atoms with E-state index in [9.17, 15) is 0 Å². The number of hydrogen-bond donors (Lipinski definition) is 1. The van der Waals surface area contributed by atoms with Crippen molar-refractivity contribution in [3.8, 4) is 0 Å². The first-order valence-corrected chi connectivity index (χ1v) is 7.57. The fourth-order valence-corrected chi connectivity index (χ4v) is 2.63. The molecule has 2 rings (SSSR count). The van der Waals surface area contributed by atoms with Crippen LogP contribution in [0.2, 0.25) is 0 Å². The van der Waals surface area contributed by atoms with Crippen molar-refractivity contribution in [3.05, 3.63) is 17.3 Å². The molecule has 0 amide bonds. The molecule has 0 aliphatic rings. The van der Waals surface area contributed by atoms with E-state index >= 15 is 0 Å². The molecule has 0 saturated carbocycles. The number of anilines is 1. The third-order valence-electron chi connectivity index (χ3n) is 3.47. The molecule has 5 heteroatoms. The number of nitrogens with one attached hydrogen (secondary N) is 1. The van der Waals surface area contributed by atoms with Gasteiger partial charge in [0.05, 0.1) is 5.39 Å². The summed E-state index contributed by atoms with van der Waals surface area (Å²) in [7, 11) is 1.71. The van der Waals surface area contributed by atoms with Gasteiger partial charge in [0.25, 0.3) is 0 Å². The summed E-state index contributed by atoms with van der Waals surface area (Å²) in [5.74, 6) is 1.67. The topological polar surface area (TPSA) is 47.0 Å². The molecular weight excluding hydrogens is 258 g/mol. The van der Waals surface area contributed by atoms with Gasteiger partial charge in [0.15, 0.2) is 5.82 Å². The largest absolute Gasteiger partial charge is 0.371 e. The lowest BCUT2D eigenvalue weighted by Crippen LogP contribution is -2.26. The van der Waals surface area contributed by atoms with Gasteiger partial charge in [0.2, 0.25) is 0 Å². The lowest BCUT2D eigenvalue weighted by molar-refractivity contribution is -0.00854. The number of fused-ring (bicyclic) bond motifs is 1. The van der Waals surface area contributed by atoms with Crippen LogP contribution in [-0.2, 0) is 10.3 Å². The van der Waals surface area contributed by atoms with Gasteiger partial charge in [-0.25, -0.2) is 9.97 Å². The van der Waals surface area contributed by atoms with Crippen LogP contribution in [0.4, 0.5) is 5.82 Å². The number of aromatic nitrogens is 2. The Morgan fingerprint density at radius 2 is 2.16 bits per heavy atom. The summed E-state index contributed by atoms with van der Waals surface area (Å²) in [4.78, 5) is 10.4. The average molecular weight is 279 g/mol. The molecule has 2 aromatic rings. The lowest BCUT2D eigenvalue weighted by atomic mass is 10.0. The fraction of sp³-hybridized carbons (Fsp3) is 0.571. The van der Waals surface area contributed by atoms with Gasteiger partial charge in [0.1, 0.15) is 16.2 Å². The highest BCUT2D eigenvalue weighted by atomic mass is 32.1. The smallest absolute Gasteiger partial charge is 0.163 e. The number of methoxy groups -OCH3 is 1. The first-order chi connectivity index (χ1) is 9.14. The van der Waals surface area contributed by atoms with Crippen LogP contribution in [-0.4, -0.2) is 23.6 Å². The van der Waals surface area contributed by atoms with Crippen molar-refractivity contribution in [1.29, 1.82) is 0 Å². The summed E-state index contributed by atoms with van der Waals surface area (Å²) in [5, 5.41) is 6.53. The van der Waals surface area contributed by atoms with Crippen LogP contribution in [0.3, 0.4) is 0 Å².